The van der Waals surface area contributed by atoms with Crippen LogP contribution in [-0.2, 0) is 0 Å². The molecule has 0 heterocycles. The number of hydrogen-bond acceptors (Lipinski definition) is 2. The normalized spacial score (nSPS) is 11.5. The van der Waals surface area contributed by atoms with Crippen molar-refractivity contribution in [1.29, 1.82) is 5.26 Å². The molecule has 0 fully saturated rings. The van der Waals surface area contributed by atoms with Crippen LogP contribution >= 0.6 is 15.9 Å². The summed E-state index contributed by atoms with van der Waals surface area (Å²) in [7, 11) is 0. The molecule has 0 aliphatic heterocycles. The van der Waals surface area contributed by atoms with Crippen molar-refractivity contribution in [1.82, 2.24) is 0 Å². The van der Waals surface area contributed by atoms with E-state index < -0.39 is 0 Å². The van der Waals surface area contributed by atoms with Crippen molar-refractivity contribution in [3.63, 3.8) is 0 Å². The molecule has 14 heavy (non-hydrogen) atoms. The Bertz CT molecular complexity index is 379. The number of rotatable bonds is 3. The zero-order valence-electron chi connectivity index (χ0n) is 7.92. The van der Waals surface area contributed by atoms with Crippen LogP contribution in [-0.4, -0.2) is 6.04 Å². The summed E-state index contributed by atoms with van der Waals surface area (Å²) in [5.41, 5.74) is 1.47. The van der Waals surface area contributed by atoms with Crippen LogP contribution in [0.4, 0.5) is 5.69 Å². The maximum atomic E-state index is 8.89. The van der Waals surface area contributed by atoms with E-state index in [4.69, 9.17) is 5.26 Å². The second-order valence-electron chi connectivity index (χ2n) is 2.97. The summed E-state index contributed by atoms with van der Waals surface area (Å²) in [6, 6.07) is 7.86. The molecule has 2 nitrogen and oxygen atoms in total. The van der Waals surface area contributed by atoms with Crippen LogP contribution in [0, 0.1) is 11.3 Å². The molecule has 72 valence electrons. The Morgan fingerprint density at radius 2 is 2.36 bits per heavy atom. The standard InChI is InChI=1S/C11H11BrN2/c1-3-8(2)14-11-5-4-10(12)6-9(11)7-13/h3-6,8,14H,1H2,2H3. The molecule has 0 aromatic heterocycles. The van der Waals surface area contributed by atoms with E-state index >= 15 is 0 Å². The maximum absolute atomic E-state index is 8.89. The molecule has 0 bridgehead atoms. The Morgan fingerprint density at radius 3 is 2.93 bits per heavy atom. The van der Waals surface area contributed by atoms with Crippen molar-refractivity contribution < 1.29 is 0 Å². The smallest absolute Gasteiger partial charge is 0.101 e. The highest BCUT2D eigenvalue weighted by Gasteiger charge is 2.03. The lowest BCUT2D eigenvalue weighted by Gasteiger charge is -2.12. The number of halogens is 1. The van der Waals surface area contributed by atoms with Crippen LogP contribution in [0.15, 0.2) is 35.3 Å². The van der Waals surface area contributed by atoms with Crippen LogP contribution in [0.25, 0.3) is 0 Å². The van der Waals surface area contributed by atoms with Gasteiger partial charge in [0.25, 0.3) is 0 Å². The molecule has 3 heteroatoms. The number of anilines is 1. The number of hydrogen-bond donors (Lipinski definition) is 1. The Hall–Kier alpha value is -1.27. The van der Waals surface area contributed by atoms with Gasteiger partial charge in [-0.1, -0.05) is 22.0 Å². The molecule has 1 aromatic rings. The molecule has 1 aromatic carbocycles. The lowest BCUT2D eigenvalue weighted by atomic mass is 10.2. The summed E-state index contributed by atoms with van der Waals surface area (Å²) in [5.74, 6) is 0. The summed E-state index contributed by atoms with van der Waals surface area (Å²) < 4.78 is 0.908. The summed E-state index contributed by atoms with van der Waals surface area (Å²) >= 11 is 3.32. The summed E-state index contributed by atoms with van der Waals surface area (Å²) in [5, 5.41) is 12.1. The van der Waals surface area contributed by atoms with E-state index in [1.54, 1.807) is 12.1 Å². The molecule has 0 aliphatic rings. The van der Waals surface area contributed by atoms with E-state index in [0.717, 1.165) is 10.2 Å². The zero-order valence-corrected chi connectivity index (χ0v) is 9.51. The van der Waals surface area contributed by atoms with Gasteiger partial charge in [-0.25, -0.2) is 0 Å². The van der Waals surface area contributed by atoms with E-state index in [0.29, 0.717) is 5.56 Å². The van der Waals surface area contributed by atoms with Gasteiger partial charge < -0.3 is 5.32 Å². The van der Waals surface area contributed by atoms with Gasteiger partial charge in [0.1, 0.15) is 6.07 Å². The second kappa shape index (κ2) is 4.83. The van der Waals surface area contributed by atoms with Gasteiger partial charge >= 0.3 is 0 Å². The predicted molar refractivity (Wildman–Crippen MR) is 62.1 cm³/mol. The van der Waals surface area contributed by atoms with Gasteiger partial charge in [0.2, 0.25) is 0 Å². The molecule has 0 saturated carbocycles. The fourth-order valence-corrected chi connectivity index (χ4v) is 1.40. The van der Waals surface area contributed by atoms with Gasteiger partial charge in [-0.2, -0.15) is 5.26 Å². The fourth-order valence-electron chi connectivity index (χ4n) is 1.04. The monoisotopic (exact) mass is 250 g/mol. The topological polar surface area (TPSA) is 35.8 Å². The lowest BCUT2D eigenvalue weighted by molar-refractivity contribution is 1.000. The van der Waals surface area contributed by atoms with Gasteiger partial charge in [-0.3, -0.25) is 0 Å². The van der Waals surface area contributed by atoms with Crippen LogP contribution in [0.2, 0.25) is 0 Å². The maximum Gasteiger partial charge on any atom is 0.101 e. The highest BCUT2D eigenvalue weighted by Crippen LogP contribution is 2.20. The molecular formula is C11H11BrN2. The summed E-state index contributed by atoms with van der Waals surface area (Å²) in [6.07, 6.45) is 1.79. The van der Waals surface area contributed by atoms with Gasteiger partial charge in [0.15, 0.2) is 0 Å². The SMILES string of the molecule is C=CC(C)Nc1ccc(Br)cc1C#N. The number of benzene rings is 1. The zero-order chi connectivity index (χ0) is 10.6. The molecule has 1 N–H and O–H groups in total. The van der Waals surface area contributed by atoms with E-state index in [2.05, 4.69) is 33.9 Å². The first-order valence-electron chi connectivity index (χ1n) is 4.26. The number of nitrogens with zero attached hydrogens (tertiary/aromatic N) is 1. The van der Waals surface area contributed by atoms with Crippen LogP contribution in [0.3, 0.4) is 0 Å². The van der Waals surface area contributed by atoms with Gasteiger partial charge in [0, 0.05) is 10.5 Å². The van der Waals surface area contributed by atoms with Crippen LogP contribution in [0.5, 0.6) is 0 Å². The third kappa shape index (κ3) is 2.61. The van der Waals surface area contributed by atoms with Crippen molar-refractivity contribution in [3.8, 4) is 6.07 Å². The molecule has 1 unspecified atom stereocenters. The fraction of sp³-hybridized carbons (Fsp3) is 0.182. The Labute approximate surface area is 92.4 Å². The van der Waals surface area contributed by atoms with Crippen molar-refractivity contribution in [2.45, 2.75) is 13.0 Å². The van der Waals surface area contributed by atoms with Gasteiger partial charge in [0.05, 0.1) is 11.3 Å². The van der Waals surface area contributed by atoms with Crippen molar-refractivity contribution in [2.24, 2.45) is 0 Å². The minimum atomic E-state index is 0.156. The van der Waals surface area contributed by atoms with Crippen molar-refractivity contribution in [3.05, 3.63) is 40.9 Å². The molecular weight excluding hydrogens is 240 g/mol. The molecule has 0 radical (unpaired) electrons. The number of nitriles is 1. The first-order valence-corrected chi connectivity index (χ1v) is 5.05. The van der Waals surface area contributed by atoms with Gasteiger partial charge in [-0.15, -0.1) is 6.58 Å². The number of nitrogens with one attached hydrogen (secondary N) is 1. The van der Waals surface area contributed by atoms with E-state index in [9.17, 15) is 0 Å². The van der Waals surface area contributed by atoms with Crippen LogP contribution in [0.1, 0.15) is 12.5 Å². The third-order valence-corrected chi connectivity index (χ3v) is 2.33. The highest BCUT2D eigenvalue weighted by molar-refractivity contribution is 9.10. The quantitative estimate of drug-likeness (QED) is 0.836. The van der Waals surface area contributed by atoms with Crippen molar-refractivity contribution in [2.75, 3.05) is 5.32 Å². The second-order valence-corrected chi connectivity index (χ2v) is 3.89. The molecule has 0 saturated heterocycles. The lowest BCUT2D eigenvalue weighted by Crippen LogP contribution is -2.12. The first kappa shape index (κ1) is 10.8. The van der Waals surface area contributed by atoms with E-state index in [1.807, 2.05) is 19.1 Å². The Kier molecular flexibility index (Phi) is 3.73. The molecule has 1 atom stereocenters. The molecule has 0 amide bonds. The summed E-state index contributed by atoms with van der Waals surface area (Å²) in [4.78, 5) is 0. The van der Waals surface area contributed by atoms with E-state index in [1.165, 1.54) is 0 Å². The van der Waals surface area contributed by atoms with Crippen LogP contribution < -0.4 is 5.32 Å². The summed E-state index contributed by atoms with van der Waals surface area (Å²) in [6.45, 7) is 5.66. The average Bonchev–Trinajstić information content (AvgIpc) is 2.20. The van der Waals surface area contributed by atoms with Gasteiger partial charge in [-0.05, 0) is 25.1 Å². The average molecular weight is 251 g/mol. The Morgan fingerprint density at radius 1 is 1.64 bits per heavy atom. The van der Waals surface area contributed by atoms with E-state index in [-0.39, 0.29) is 6.04 Å². The van der Waals surface area contributed by atoms with Crippen molar-refractivity contribution >= 4 is 21.6 Å². The minimum Gasteiger partial charge on any atom is -0.378 e. The first-order chi connectivity index (χ1) is 6.67. The Balaban J connectivity index is 2.98. The predicted octanol–water partition coefficient (Wildman–Crippen LogP) is 3.31. The molecule has 1 rings (SSSR count). The molecule has 0 aliphatic carbocycles. The largest absolute Gasteiger partial charge is 0.378 e. The minimum absolute atomic E-state index is 0.156. The third-order valence-electron chi connectivity index (χ3n) is 1.84. The highest BCUT2D eigenvalue weighted by atomic mass is 79.9. The molecule has 0 spiro atoms.